The van der Waals surface area contributed by atoms with Gasteiger partial charge in [0.15, 0.2) is 0 Å². The van der Waals surface area contributed by atoms with Gasteiger partial charge >= 0.3 is 6.03 Å². The number of ether oxygens (including phenoxy) is 1. The molecule has 0 fully saturated rings. The van der Waals surface area contributed by atoms with E-state index < -0.39 is 11.9 Å². The van der Waals surface area contributed by atoms with Crippen molar-refractivity contribution < 1.29 is 14.3 Å². The SMILES string of the molecule is COc1ncccc1NC(=O)NC(=O)CCl. The molecule has 0 aliphatic heterocycles. The number of urea groups is 1. The van der Waals surface area contributed by atoms with Gasteiger partial charge in [0, 0.05) is 6.20 Å². The van der Waals surface area contributed by atoms with Crippen molar-refractivity contribution in [2.45, 2.75) is 0 Å². The van der Waals surface area contributed by atoms with E-state index in [2.05, 4.69) is 10.3 Å². The summed E-state index contributed by atoms with van der Waals surface area (Å²) in [6, 6.07) is 2.54. The molecule has 1 rings (SSSR count). The lowest BCUT2D eigenvalue weighted by Gasteiger charge is -2.08. The number of anilines is 1. The highest BCUT2D eigenvalue weighted by Crippen LogP contribution is 2.19. The van der Waals surface area contributed by atoms with Gasteiger partial charge < -0.3 is 10.1 Å². The quantitative estimate of drug-likeness (QED) is 0.776. The van der Waals surface area contributed by atoms with Crippen LogP contribution in [0.4, 0.5) is 10.5 Å². The molecule has 1 aromatic rings. The van der Waals surface area contributed by atoms with Gasteiger partial charge in [-0.15, -0.1) is 11.6 Å². The summed E-state index contributed by atoms with van der Waals surface area (Å²) in [5, 5.41) is 4.43. The second-order valence-corrected chi connectivity index (χ2v) is 2.96. The molecule has 0 aliphatic carbocycles. The minimum atomic E-state index is -0.683. The molecule has 1 heterocycles. The number of carbonyl (C=O) groups excluding carboxylic acids is 2. The molecule has 0 bridgehead atoms. The van der Waals surface area contributed by atoms with Crippen LogP contribution >= 0.6 is 11.6 Å². The Morgan fingerprint density at radius 2 is 2.31 bits per heavy atom. The number of hydrogen-bond donors (Lipinski definition) is 2. The summed E-state index contributed by atoms with van der Waals surface area (Å²) < 4.78 is 4.91. The van der Waals surface area contributed by atoms with Crippen molar-refractivity contribution >= 4 is 29.2 Å². The van der Waals surface area contributed by atoms with Crippen LogP contribution < -0.4 is 15.4 Å². The number of rotatable bonds is 3. The smallest absolute Gasteiger partial charge is 0.326 e. The molecule has 0 spiro atoms. The van der Waals surface area contributed by atoms with E-state index in [4.69, 9.17) is 16.3 Å². The van der Waals surface area contributed by atoms with Crippen molar-refractivity contribution in [3.05, 3.63) is 18.3 Å². The second kappa shape index (κ2) is 5.92. The van der Waals surface area contributed by atoms with Gasteiger partial charge in [-0.25, -0.2) is 9.78 Å². The van der Waals surface area contributed by atoms with E-state index in [0.29, 0.717) is 5.69 Å². The number of alkyl halides is 1. The third-order valence-corrected chi connectivity index (χ3v) is 1.83. The van der Waals surface area contributed by atoms with Crippen LogP contribution in [0.5, 0.6) is 5.88 Å². The molecule has 0 unspecified atom stereocenters. The number of amides is 3. The summed E-state index contributed by atoms with van der Waals surface area (Å²) in [6.07, 6.45) is 1.52. The minimum Gasteiger partial charge on any atom is -0.480 e. The molecule has 0 aliphatic rings. The van der Waals surface area contributed by atoms with Crippen LogP contribution in [0.25, 0.3) is 0 Å². The molecule has 0 radical (unpaired) electrons. The van der Waals surface area contributed by atoms with Gasteiger partial charge in [0.05, 0.1) is 7.11 Å². The van der Waals surface area contributed by atoms with E-state index in [1.807, 2.05) is 5.32 Å². The predicted molar refractivity (Wildman–Crippen MR) is 58.7 cm³/mol. The molecular weight excluding hydrogens is 234 g/mol. The molecule has 0 atom stereocenters. The highest BCUT2D eigenvalue weighted by Gasteiger charge is 2.09. The fourth-order valence-corrected chi connectivity index (χ4v) is 1.03. The highest BCUT2D eigenvalue weighted by atomic mass is 35.5. The Kier molecular flexibility index (Phi) is 4.53. The van der Waals surface area contributed by atoms with E-state index in [-0.39, 0.29) is 11.8 Å². The number of pyridine rings is 1. The van der Waals surface area contributed by atoms with Crippen LogP contribution in [-0.2, 0) is 4.79 Å². The van der Waals surface area contributed by atoms with Gasteiger partial charge in [-0.1, -0.05) is 0 Å². The number of hydrogen-bond acceptors (Lipinski definition) is 4. The molecule has 6 nitrogen and oxygen atoms in total. The van der Waals surface area contributed by atoms with Crippen LogP contribution in [0.1, 0.15) is 0 Å². The Morgan fingerprint density at radius 1 is 1.56 bits per heavy atom. The zero-order chi connectivity index (χ0) is 12.0. The highest BCUT2D eigenvalue weighted by molar-refractivity contribution is 6.28. The van der Waals surface area contributed by atoms with Crippen LogP contribution in [0.3, 0.4) is 0 Å². The topological polar surface area (TPSA) is 80.3 Å². The second-order valence-electron chi connectivity index (χ2n) is 2.70. The Bertz CT molecular complexity index is 397. The van der Waals surface area contributed by atoms with Crippen LogP contribution in [0, 0.1) is 0 Å². The molecule has 3 amide bonds. The molecule has 7 heteroatoms. The number of halogens is 1. The maximum atomic E-state index is 11.3. The van der Waals surface area contributed by atoms with Crippen LogP contribution in [0.2, 0.25) is 0 Å². The van der Waals surface area contributed by atoms with Crippen LogP contribution in [-0.4, -0.2) is 29.9 Å². The summed E-state index contributed by atoms with van der Waals surface area (Å²) in [5.41, 5.74) is 0.366. The number of aromatic nitrogens is 1. The van der Waals surface area contributed by atoms with Crippen molar-refractivity contribution in [3.8, 4) is 5.88 Å². The first-order valence-electron chi connectivity index (χ1n) is 4.33. The summed E-state index contributed by atoms with van der Waals surface area (Å²) in [7, 11) is 1.43. The maximum Gasteiger partial charge on any atom is 0.326 e. The third-order valence-electron chi connectivity index (χ3n) is 1.59. The van der Waals surface area contributed by atoms with Gasteiger partial charge in [0.25, 0.3) is 0 Å². The summed E-state index contributed by atoms with van der Waals surface area (Å²) in [4.78, 5) is 26.0. The lowest BCUT2D eigenvalue weighted by molar-refractivity contribution is -0.117. The first kappa shape index (κ1) is 12.3. The number of nitrogens with zero attached hydrogens (tertiary/aromatic N) is 1. The van der Waals surface area contributed by atoms with Gasteiger partial charge in [-0.05, 0) is 12.1 Å². The van der Waals surface area contributed by atoms with E-state index in [9.17, 15) is 9.59 Å². The Morgan fingerprint density at radius 3 is 2.94 bits per heavy atom. The van der Waals surface area contributed by atoms with Crippen LogP contribution in [0.15, 0.2) is 18.3 Å². The fourth-order valence-electron chi connectivity index (χ4n) is 0.962. The molecule has 86 valence electrons. The number of imide groups is 1. The predicted octanol–water partition coefficient (Wildman–Crippen LogP) is 0.977. The van der Waals surface area contributed by atoms with Gasteiger partial charge in [-0.2, -0.15) is 0 Å². The Balaban J connectivity index is 2.65. The van der Waals surface area contributed by atoms with Gasteiger partial charge in [0.1, 0.15) is 11.6 Å². The number of carbonyl (C=O) groups is 2. The zero-order valence-electron chi connectivity index (χ0n) is 8.49. The van der Waals surface area contributed by atoms with Crippen molar-refractivity contribution in [1.29, 1.82) is 0 Å². The Hall–Kier alpha value is -1.82. The fraction of sp³-hybridized carbons (Fsp3) is 0.222. The summed E-state index contributed by atoms with van der Waals surface area (Å²) in [6.45, 7) is 0. The number of methoxy groups -OCH3 is 1. The molecule has 0 aromatic carbocycles. The monoisotopic (exact) mass is 243 g/mol. The third kappa shape index (κ3) is 3.39. The molecule has 1 aromatic heterocycles. The summed E-state index contributed by atoms with van der Waals surface area (Å²) >= 11 is 5.23. The minimum absolute atomic E-state index is 0.260. The lowest BCUT2D eigenvalue weighted by Crippen LogP contribution is -2.35. The lowest BCUT2D eigenvalue weighted by atomic mass is 10.4. The molecule has 2 N–H and O–H groups in total. The van der Waals surface area contributed by atoms with Gasteiger partial charge in [0.2, 0.25) is 11.8 Å². The van der Waals surface area contributed by atoms with E-state index in [1.165, 1.54) is 13.3 Å². The normalized spacial score (nSPS) is 9.38. The van der Waals surface area contributed by atoms with E-state index in [0.717, 1.165) is 0 Å². The maximum absolute atomic E-state index is 11.3. The van der Waals surface area contributed by atoms with E-state index >= 15 is 0 Å². The van der Waals surface area contributed by atoms with Crippen molar-refractivity contribution in [3.63, 3.8) is 0 Å². The van der Waals surface area contributed by atoms with E-state index in [1.54, 1.807) is 12.1 Å². The first-order valence-corrected chi connectivity index (χ1v) is 4.86. The van der Waals surface area contributed by atoms with Crippen molar-refractivity contribution in [2.75, 3.05) is 18.3 Å². The standard InChI is InChI=1S/C9H10ClN3O3/c1-16-8-6(3-2-4-11-8)12-9(15)13-7(14)5-10/h2-4H,5H2,1H3,(H2,12,13,14,15). The average molecular weight is 244 g/mol. The molecule has 0 saturated carbocycles. The van der Waals surface area contributed by atoms with Crippen molar-refractivity contribution in [1.82, 2.24) is 10.3 Å². The molecule has 0 saturated heterocycles. The molecule has 16 heavy (non-hydrogen) atoms. The Labute approximate surface area is 97.0 Å². The van der Waals surface area contributed by atoms with Gasteiger partial charge in [-0.3, -0.25) is 10.1 Å². The number of nitrogens with one attached hydrogen (secondary N) is 2. The largest absolute Gasteiger partial charge is 0.480 e. The summed E-state index contributed by atoms with van der Waals surface area (Å²) in [5.74, 6) is -0.601. The first-order chi connectivity index (χ1) is 7.67. The van der Waals surface area contributed by atoms with Crippen molar-refractivity contribution in [2.24, 2.45) is 0 Å². The zero-order valence-corrected chi connectivity index (χ0v) is 9.25. The molecular formula is C9H10ClN3O3. The average Bonchev–Trinajstić information content (AvgIpc) is 2.29.